The Balaban J connectivity index is 1.87. The molecule has 134 valence electrons. The van der Waals surface area contributed by atoms with Crippen molar-refractivity contribution in [3.8, 4) is 11.4 Å². The van der Waals surface area contributed by atoms with Gasteiger partial charge in [0.15, 0.2) is 5.82 Å². The molecule has 1 heterocycles. The van der Waals surface area contributed by atoms with Gasteiger partial charge in [0, 0.05) is 11.3 Å². The molecule has 0 unspecified atom stereocenters. The molecule has 1 aromatic heterocycles. The number of hydrogen-bond acceptors (Lipinski definition) is 4. The molecule has 26 heavy (non-hydrogen) atoms. The van der Waals surface area contributed by atoms with Gasteiger partial charge in [-0.25, -0.2) is 9.36 Å². The van der Waals surface area contributed by atoms with Crippen molar-refractivity contribution in [1.82, 2.24) is 9.72 Å². The smallest absolute Gasteiger partial charge is 0.324 e. The summed E-state index contributed by atoms with van der Waals surface area (Å²) in [4.78, 5) is 24.6. The number of rotatable bonds is 5. The summed E-state index contributed by atoms with van der Waals surface area (Å²) in [6, 6.07) is 15.1. The molecular weight excluding hydrogens is 330 g/mol. The van der Waals surface area contributed by atoms with E-state index in [1.807, 2.05) is 55.5 Å². The maximum Gasteiger partial charge on any atom is 0.442 e. The Morgan fingerprint density at radius 1 is 1.15 bits per heavy atom. The van der Waals surface area contributed by atoms with Gasteiger partial charge in [-0.05, 0) is 24.0 Å². The first-order valence-corrected chi connectivity index (χ1v) is 8.48. The molecule has 2 aromatic carbocycles. The van der Waals surface area contributed by atoms with Crippen LogP contribution in [0.15, 0.2) is 57.8 Å². The lowest BCUT2D eigenvalue weighted by Crippen LogP contribution is -2.26. The first-order chi connectivity index (χ1) is 12.5. The number of anilines is 1. The van der Waals surface area contributed by atoms with Crippen molar-refractivity contribution < 1.29 is 9.32 Å². The summed E-state index contributed by atoms with van der Waals surface area (Å²) in [5, 5.41) is 6.74. The predicted octanol–water partition coefficient (Wildman–Crippen LogP) is 3.57. The number of benzene rings is 2. The van der Waals surface area contributed by atoms with Crippen LogP contribution in [0.1, 0.15) is 30.9 Å². The summed E-state index contributed by atoms with van der Waals surface area (Å²) in [5.41, 5.74) is 3.54. The average Bonchev–Trinajstić information content (AvgIpc) is 2.98. The van der Waals surface area contributed by atoms with Gasteiger partial charge in [0.05, 0.1) is 0 Å². The fourth-order valence-electron chi connectivity index (χ4n) is 2.87. The van der Waals surface area contributed by atoms with Crippen molar-refractivity contribution in [3.05, 3.63) is 70.2 Å². The molecular formula is C20H21N3O3. The Morgan fingerprint density at radius 3 is 2.58 bits per heavy atom. The largest absolute Gasteiger partial charge is 0.442 e. The van der Waals surface area contributed by atoms with Crippen molar-refractivity contribution in [3.63, 3.8) is 0 Å². The fraction of sp³-hybridized carbons (Fsp3) is 0.250. The lowest BCUT2D eigenvalue weighted by molar-refractivity contribution is -0.116. The summed E-state index contributed by atoms with van der Waals surface area (Å²) >= 11 is 0. The minimum Gasteiger partial charge on any atom is -0.324 e. The maximum absolute atomic E-state index is 12.6. The Kier molecular flexibility index (Phi) is 5.02. The summed E-state index contributed by atoms with van der Waals surface area (Å²) in [7, 11) is 0. The van der Waals surface area contributed by atoms with E-state index >= 15 is 0 Å². The zero-order valence-corrected chi connectivity index (χ0v) is 15.0. The molecule has 0 radical (unpaired) electrons. The van der Waals surface area contributed by atoms with E-state index < -0.39 is 5.76 Å². The normalized spacial score (nSPS) is 10.9. The Bertz CT molecular complexity index is 971. The van der Waals surface area contributed by atoms with Gasteiger partial charge < -0.3 is 5.32 Å². The summed E-state index contributed by atoms with van der Waals surface area (Å²) < 4.78 is 6.00. The number of nitrogens with zero attached hydrogens (tertiary/aromatic N) is 2. The van der Waals surface area contributed by atoms with Gasteiger partial charge in [0.25, 0.3) is 0 Å². The van der Waals surface area contributed by atoms with Gasteiger partial charge in [-0.2, -0.15) is 0 Å². The number of nitrogens with one attached hydrogen (secondary N) is 1. The van der Waals surface area contributed by atoms with Crippen LogP contribution in [0.25, 0.3) is 11.4 Å². The van der Waals surface area contributed by atoms with Crippen molar-refractivity contribution in [2.75, 3.05) is 5.32 Å². The van der Waals surface area contributed by atoms with Gasteiger partial charge in [-0.15, -0.1) is 0 Å². The lowest BCUT2D eigenvalue weighted by Gasteiger charge is -2.16. The molecule has 0 spiro atoms. The number of aryl methyl sites for hydroxylation is 1. The van der Waals surface area contributed by atoms with E-state index in [1.165, 1.54) is 4.57 Å². The number of aromatic nitrogens is 2. The highest BCUT2D eigenvalue weighted by atomic mass is 16.5. The summed E-state index contributed by atoms with van der Waals surface area (Å²) in [6.45, 7) is 5.92. The molecule has 1 N–H and O–H groups in total. The maximum atomic E-state index is 12.6. The number of carbonyl (C=O) groups excluding carboxylic acids is 1. The standard InChI is InChI=1S/C20H21N3O3/c1-13(2)16-11-7-8-14(3)18(16)21-17(24)12-23-19(22-26-20(23)25)15-9-5-4-6-10-15/h4-11,13H,12H2,1-3H3,(H,21,24). The van der Waals surface area contributed by atoms with Gasteiger partial charge >= 0.3 is 5.76 Å². The zero-order valence-electron chi connectivity index (χ0n) is 15.0. The van der Waals surface area contributed by atoms with Gasteiger partial charge in [-0.1, -0.05) is 67.5 Å². The van der Waals surface area contributed by atoms with E-state index in [0.29, 0.717) is 11.4 Å². The predicted molar refractivity (Wildman–Crippen MR) is 100 cm³/mol. The second-order valence-corrected chi connectivity index (χ2v) is 6.47. The Morgan fingerprint density at radius 2 is 1.88 bits per heavy atom. The molecule has 0 saturated carbocycles. The molecule has 6 nitrogen and oxygen atoms in total. The third-order valence-electron chi connectivity index (χ3n) is 4.21. The molecule has 0 saturated heterocycles. The number of para-hydroxylation sites is 1. The van der Waals surface area contributed by atoms with E-state index in [9.17, 15) is 9.59 Å². The molecule has 0 aliphatic carbocycles. The highest BCUT2D eigenvalue weighted by Crippen LogP contribution is 2.27. The van der Waals surface area contributed by atoms with E-state index in [-0.39, 0.29) is 18.4 Å². The van der Waals surface area contributed by atoms with Gasteiger partial charge in [0.2, 0.25) is 5.91 Å². The van der Waals surface area contributed by atoms with Gasteiger partial charge in [-0.3, -0.25) is 9.32 Å². The molecule has 0 atom stereocenters. The summed E-state index contributed by atoms with van der Waals surface area (Å²) in [5.74, 6) is -0.362. The quantitative estimate of drug-likeness (QED) is 0.762. The number of hydrogen-bond donors (Lipinski definition) is 1. The zero-order chi connectivity index (χ0) is 18.7. The van der Waals surface area contributed by atoms with Crippen LogP contribution < -0.4 is 11.1 Å². The third kappa shape index (κ3) is 3.59. The van der Waals surface area contributed by atoms with Crippen LogP contribution in [0.4, 0.5) is 5.69 Å². The molecule has 1 amide bonds. The van der Waals surface area contributed by atoms with Crippen molar-refractivity contribution in [1.29, 1.82) is 0 Å². The highest BCUT2D eigenvalue weighted by molar-refractivity contribution is 5.92. The van der Waals surface area contributed by atoms with Crippen LogP contribution in [0, 0.1) is 6.92 Å². The molecule has 6 heteroatoms. The Hall–Kier alpha value is -3.15. The van der Waals surface area contributed by atoms with Crippen LogP contribution in [-0.2, 0) is 11.3 Å². The third-order valence-corrected chi connectivity index (χ3v) is 4.21. The molecule has 3 aromatic rings. The van der Waals surface area contributed by atoms with Crippen molar-refractivity contribution in [2.24, 2.45) is 0 Å². The van der Waals surface area contributed by atoms with Crippen LogP contribution in [-0.4, -0.2) is 15.6 Å². The van der Waals surface area contributed by atoms with Crippen LogP contribution >= 0.6 is 0 Å². The molecule has 0 aliphatic heterocycles. The van der Waals surface area contributed by atoms with Gasteiger partial charge in [0.1, 0.15) is 6.54 Å². The molecule has 3 rings (SSSR count). The summed E-state index contributed by atoms with van der Waals surface area (Å²) in [6.07, 6.45) is 0. The minimum atomic E-state index is -0.659. The molecule has 0 fully saturated rings. The van der Waals surface area contributed by atoms with Crippen LogP contribution in [0.3, 0.4) is 0 Å². The lowest BCUT2D eigenvalue weighted by atomic mass is 9.98. The highest BCUT2D eigenvalue weighted by Gasteiger charge is 2.17. The average molecular weight is 351 g/mol. The van der Waals surface area contributed by atoms with Crippen LogP contribution in [0.5, 0.6) is 0 Å². The van der Waals surface area contributed by atoms with E-state index in [4.69, 9.17) is 4.52 Å². The van der Waals surface area contributed by atoms with E-state index in [1.54, 1.807) is 0 Å². The van der Waals surface area contributed by atoms with Crippen LogP contribution in [0.2, 0.25) is 0 Å². The molecule has 0 bridgehead atoms. The fourth-order valence-corrected chi connectivity index (χ4v) is 2.87. The number of amides is 1. The second-order valence-electron chi connectivity index (χ2n) is 6.47. The monoisotopic (exact) mass is 351 g/mol. The minimum absolute atomic E-state index is 0.168. The molecule has 0 aliphatic rings. The van der Waals surface area contributed by atoms with Crippen molar-refractivity contribution >= 4 is 11.6 Å². The number of carbonyl (C=O) groups is 1. The Labute approximate surface area is 151 Å². The SMILES string of the molecule is Cc1cccc(C(C)C)c1NC(=O)Cn1c(-c2ccccc2)noc1=O. The topological polar surface area (TPSA) is 77.1 Å². The first kappa shape index (κ1) is 17.7. The first-order valence-electron chi connectivity index (χ1n) is 8.48. The second kappa shape index (κ2) is 7.39. The van der Waals surface area contributed by atoms with E-state index in [2.05, 4.69) is 24.3 Å². The van der Waals surface area contributed by atoms with Crippen molar-refractivity contribution in [2.45, 2.75) is 33.2 Å². The van der Waals surface area contributed by atoms with E-state index in [0.717, 1.165) is 16.8 Å².